The predicted molar refractivity (Wildman–Crippen MR) is 117 cm³/mol. The summed E-state index contributed by atoms with van der Waals surface area (Å²) in [5.41, 5.74) is 2.53. The lowest BCUT2D eigenvalue weighted by Crippen LogP contribution is -1.89. The Bertz CT molecular complexity index is 799. The SMILES string of the molecule is C.CCI.CCn1ccc2ccccc21.c1ccc2[nH]ccc2c1. The molecular weight excluding hydrogens is 407 g/mol. The molecule has 0 bridgehead atoms. The lowest BCUT2D eigenvalue weighted by Gasteiger charge is -1.98. The first-order chi connectivity index (χ1) is 11.3. The third-order valence-electron chi connectivity index (χ3n) is 3.48. The maximum Gasteiger partial charge on any atom is 0.0480 e. The Kier molecular flexibility index (Phi) is 9.23. The molecule has 0 atom stereocenters. The van der Waals surface area contributed by atoms with Gasteiger partial charge in [0.15, 0.2) is 0 Å². The molecule has 4 aromatic rings. The summed E-state index contributed by atoms with van der Waals surface area (Å²) in [5, 5.41) is 2.60. The number of alkyl halides is 1. The van der Waals surface area contributed by atoms with Crippen molar-refractivity contribution in [1.29, 1.82) is 0 Å². The zero-order valence-corrected chi connectivity index (χ0v) is 15.8. The molecule has 0 unspecified atom stereocenters. The Morgan fingerprint density at radius 1 is 0.875 bits per heavy atom. The van der Waals surface area contributed by atoms with Gasteiger partial charge in [-0.2, -0.15) is 0 Å². The summed E-state index contributed by atoms with van der Waals surface area (Å²) in [5.74, 6) is 0. The van der Waals surface area contributed by atoms with Gasteiger partial charge in [-0.25, -0.2) is 0 Å². The molecule has 3 heteroatoms. The van der Waals surface area contributed by atoms with E-state index in [0.29, 0.717) is 0 Å². The third kappa shape index (κ3) is 5.41. The molecule has 2 nitrogen and oxygen atoms in total. The largest absolute Gasteiger partial charge is 0.361 e. The van der Waals surface area contributed by atoms with Gasteiger partial charge in [-0.15, -0.1) is 0 Å². The van der Waals surface area contributed by atoms with Gasteiger partial charge < -0.3 is 9.55 Å². The van der Waals surface area contributed by atoms with Crippen molar-refractivity contribution in [2.45, 2.75) is 27.8 Å². The van der Waals surface area contributed by atoms with Crippen molar-refractivity contribution in [2.75, 3.05) is 4.43 Å². The number of rotatable bonds is 1. The number of para-hydroxylation sites is 2. The molecular formula is C21H27IN2. The van der Waals surface area contributed by atoms with E-state index >= 15 is 0 Å². The molecule has 0 fully saturated rings. The highest BCUT2D eigenvalue weighted by molar-refractivity contribution is 14.1. The molecule has 2 aromatic carbocycles. The first kappa shape index (κ1) is 20.3. The van der Waals surface area contributed by atoms with E-state index in [2.05, 4.69) is 101 Å². The van der Waals surface area contributed by atoms with E-state index < -0.39 is 0 Å². The Balaban J connectivity index is 0.000000202. The molecule has 0 aliphatic rings. The topological polar surface area (TPSA) is 20.7 Å². The average Bonchev–Trinajstić information content (AvgIpc) is 3.22. The number of halogens is 1. The molecule has 24 heavy (non-hydrogen) atoms. The molecule has 1 N–H and O–H groups in total. The van der Waals surface area contributed by atoms with Crippen molar-refractivity contribution in [1.82, 2.24) is 9.55 Å². The van der Waals surface area contributed by atoms with Gasteiger partial charge in [-0.3, -0.25) is 0 Å². The number of fused-ring (bicyclic) bond motifs is 2. The second kappa shape index (κ2) is 10.9. The van der Waals surface area contributed by atoms with E-state index in [9.17, 15) is 0 Å². The number of hydrogen-bond donors (Lipinski definition) is 1. The molecule has 4 rings (SSSR count). The number of aryl methyl sites for hydroxylation is 1. The smallest absolute Gasteiger partial charge is 0.0480 e. The summed E-state index contributed by atoms with van der Waals surface area (Å²) < 4.78 is 3.47. The van der Waals surface area contributed by atoms with Gasteiger partial charge in [0, 0.05) is 30.0 Å². The van der Waals surface area contributed by atoms with Crippen LogP contribution in [0.1, 0.15) is 21.3 Å². The highest BCUT2D eigenvalue weighted by atomic mass is 127. The minimum atomic E-state index is 0. The van der Waals surface area contributed by atoms with E-state index in [4.69, 9.17) is 0 Å². The molecule has 2 heterocycles. The summed E-state index contributed by atoms with van der Waals surface area (Å²) >= 11 is 2.29. The van der Waals surface area contributed by atoms with Crippen molar-refractivity contribution < 1.29 is 0 Å². The van der Waals surface area contributed by atoms with Crippen molar-refractivity contribution in [3.8, 4) is 0 Å². The van der Waals surface area contributed by atoms with Crippen LogP contribution in [0.2, 0.25) is 0 Å². The Morgan fingerprint density at radius 2 is 1.50 bits per heavy atom. The standard InChI is InChI=1S/C10H11N.C8H7N.C2H5I.CH4/c1-2-11-8-7-9-5-3-4-6-10(9)11;1-2-4-8-7(3-1)5-6-9-8;1-2-3;/h3-8H,2H2,1H3;1-6,9H;2H2,1H3;1H4. The highest BCUT2D eigenvalue weighted by Gasteiger charge is 1.95. The minimum Gasteiger partial charge on any atom is -0.361 e. The zero-order valence-electron chi connectivity index (χ0n) is 13.7. The first-order valence-electron chi connectivity index (χ1n) is 7.92. The lowest BCUT2D eigenvalue weighted by atomic mass is 10.2. The number of nitrogens with zero attached hydrogens (tertiary/aromatic N) is 1. The number of aromatic amines is 1. The quantitative estimate of drug-likeness (QED) is 0.248. The molecule has 128 valence electrons. The normalized spacial score (nSPS) is 9.46. The van der Waals surface area contributed by atoms with Crippen molar-refractivity contribution in [3.63, 3.8) is 0 Å². The van der Waals surface area contributed by atoms with Gasteiger partial charge in [-0.05, 0) is 46.4 Å². The summed E-state index contributed by atoms with van der Waals surface area (Å²) in [6, 6.07) is 20.9. The second-order valence-electron chi connectivity index (χ2n) is 4.99. The lowest BCUT2D eigenvalue weighted by molar-refractivity contribution is 0.798. The van der Waals surface area contributed by atoms with Crippen molar-refractivity contribution >= 4 is 44.4 Å². The van der Waals surface area contributed by atoms with Gasteiger partial charge >= 0.3 is 0 Å². The predicted octanol–water partition coefficient (Wildman–Crippen LogP) is 6.91. The second-order valence-corrected chi connectivity index (χ2v) is 6.52. The fraction of sp³-hybridized carbons (Fsp3) is 0.238. The van der Waals surface area contributed by atoms with Crippen LogP contribution < -0.4 is 0 Å². The van der Waals surface area contributed by atoms with Crippen LogP contribution in [0.3, 0.4) is 0 Å². The molecule has 0 amide bonds. The fourth-order valence-electron chi connectivity index (χ4n) is 2.41. The van der Waals surface area contributed by atoms with Crippen LogP contribution in [-0.2, 0) is 6.54 Å². The van der Waals surface area contributed by atoms with Crippen LogP contribution in [0.5, 0.6) is 0 Å². The summed E-state index contributed by atoms with van der Waals surface area (Å²) in [6.45, 7) is 5.32. The van der Waals surface area contributed by atoms with Crippen LogP contribution >= 0.6 is 22.6 Å². The van der Waals surface area contributed by atoms with Gasteiger partial charge in [-0.1, -0.05) is 73.3 Å². The van der Waals surface area contributed by atoms with E-state index in [1.54, 1.807) is 0 Å². The van der Waals surface area contributed by atoms with Crippen LogP contribution in [0.25, 0.3) is 21.8 Å². The van der Waals surface area contributed by atoms with Gasteiger partial charge in [0.05, 0.1) is 0 Å². The fourth-order valence-corrected chi connectivity index (χ4v) is 2.41. The number of benzene rings is 2. The summed E-state index contributed by atoms with van der Waals surface area (Å²) in [6.07, 6.45) is 4.08. The van der Waals surface area contributed by atoms with Crippen LogP contribution in [0.4, 0.5) is 0 Å². The zero-order chi connectivity index (χ0) is 16.5. The molecule has 0 aliphatic heterocycles. The van der Waals surface area contributed by atoms with Crippen LogP contribution in [-0.4, -0.2) is 14.0 Å². The van der Waals surface area contributed by atoms with E-state index in [-0.39, 0.29) is 7.43 Å². The number of nitrogens with one attached hydrogen (secondary N) is 1. The monoisotopic (exact) mass is 434 g/mol. The van der Waals surface area contributed by atoms with E-state index in [1.807, 2.05) is 18.3 Å². The maximum atomic E-state index is 3.12. The first-order valence-corrected chi connectivity index (χ1v) is 9.44. The Hall–Kier alpha value is -1.75. The molecule has 0 saturated carbocycles. The third-order valence-corrected chi connectivity index (χ3v) is 3.48. The van der Waals surface area contributed by atoms with Crippen molar-refractivity contribution in [2.24, 2.45) is 0 Å². The highest BCUT2D eigenvalue weighted by Crippen LogP contribution is 2.14. The summed E-state index contributed by atoms with van der Waals surface area (Å²) in [4.78, 5) is 3.12. The van der Waals surface area contributed by atoms with E-state index in [0.717, 1.165) is 6.54 Å². The molecule has 0 saturated heterocycles. The molecule has 0 radical (unpaired) electrons. The van der Waals surface area contributed by atoms with Crippen LogP contribution in [0, 0.1) is 0 Å². The average molecular weight is 434 g/mol. The number of hydrogen-bond acceptors (Lipinski definition) is 0. The molecule has 2 aromatic heterocycles. The van der Waals surface area contributed by atoms with E-state index in [1.165, 1.54) is 26.2 Å². The number of H-pyrrole nitrogens is 1. The van der Waals surface area contributed by atoms with Gasteiger partial charge in [0.1, 0.15) is 0 Å². The number of aromatic nitrogens is 2. The van der Waals surface area contributed by atoms with Crippen LogP contribution in [0.15, 0.2) is 73.1 Å². The molecule has 0 spiro atoms. The Labute approximate surface area is 159 Å². The van der Waals surface area contributed by atoms with Crippen molar-refractivity contribution in [3.05, 3.63) is 73.1 Å². The Morgan fingerprint density at radius 3 is 2.17 bits per heavy atom. The molecule has 0 aliphatic carbocycles. The van der Waals surface area contributed by atoms with Gasteiger partial charge in [0.2, 0.25) is 0 Å². The van der Waals surface area contributed by atoms with Gasteiger partial charge in [0.25, 0.3) is 0 Å². The minimum absolute atomic E-state index is 0. The summed E-state index contributed by atoms with van der Waals surface area (Å²) in [7, 11) is 0. The maximum absolute atomic E-state index is 3.12.